The van der Waals surface area contributed by atoms with Gasteiger partial charge in [0.1, 0.15) is 0 Å². The topological polar surface area (TPSA) is 27.7 Å². The van der Waals surface area contributed by atoms with Crippen LogP contribution in [0.25, 0.3) is 11.1 Å². The highest BCUT2D eigenvalue weighted by molar-refractivity contribution is 6.60. The molecule has 0 saturated heterocycles. The van der Waals surface area contributed by atoms with Gasteiger partial charge in [0.2, 0.25) is 0 Å². The molecule has 0 aliphatic heterocycles. The van der Waals surface area contributed by atoms with Crippen LogP contribution in [0.1, 0.15) is 11.1 Å². The Balaban J connectivity index is 2.33. The van der Waals surface area contributed by atoms with E-state index in [1.165, 1.54) is 33.5 Å². The Kier molecular flexibility index (Phi) is 9.41. The van der Waals surface area contributed by atoms with Gasteiger partial charge in [-0.25, -0.2) is 0 Å². The van der Waals surface area contributed by atoms with Gasteiger partial charge in [0.15, 0.2) is 0 Å². The Labute approximate surface area is 220 Å². The normalized spacial score (nSPS) is 14.5. The van der Waals surface area contributed by atoms with E-state index in [0.29, 0.717) is 30.2 Å². The Hall–Kier alpha value is -2.37. The summed E-state index contributed by atoms with van der Waals surface area (Å²) >= 11 is 0. The molecule has 0 unspecified atom stereocenters. The van der Waals surface area contributed by atoms with Crippen LogP contribution in [0.5, 0.6) is 0 Å². The predicted molar refractivity (Wildman–Crippen MR) is 117 cm³/mol. The number of halogens is 13. The molecule has 0 bridgehead atoms. The van der Waals surface area contributed by atoms with Gasteiger partial charge in [-0.05, 0) is 23.1 Å². The second kappa shape index (κ2) is 11.1. The van der Waals surface area contributed by atoms with E-state index in [0.717, 1.165) is 5.56 Å². The molecule has 0 heterocycles. The zero-order valence-corrected chi connectivity index (χ0v) is 21.7. The maximum Gasteiger partial charge on any atom is 0.500 e. The first kappa shape index (κ1) is 33.8. The summed E-state index contributed by atoms with van der Waals surface area (Å²) < 4.78 is 190. The van der Waals surface area contributed by atoms with E-state index in [9.17, 15) is 57.1 Å². The molecule has 17 heteroatoms. The first-order chi connectivity index (χ1) is 18.1. The summed E-state index contributed by atoms with van der Waals surface area (Å²) in [6.07, 6.45) is -7.03. The third-order valence-electron chi connectivity index (χ3n) is 6.12. The van der Waals surface area contributed by atoms with Gasteiger partial charge in [-0.2, -0.15) is 57.1 Å². The Morgan fingerprint density at radius 2 is 0.900 bits per heavy atom. The van der Waals surface area contributed by atoms with E-state index in [-0.39, 0.29) is 17.7 Å². The molecule has 0 aliphatic carbocycles. The summed E-state index contributed by atoms with van der Waals surface area (Å²) in [6.45, 7) is 0. The molecular formula is C23H21F13O3Si. The van der Waals surface area contributed by atoms with Crippen LogP contribution in [-0.4, -0.2) is 60.0 Å². The quantitative estimate of drug-likeness (QED) is 0.178. The summed E-state index contributed by atoms with van der Waals surface area (Å²) in [5.74, 6) is -37.2. The number of hydrogen-bond donors (Lipinski definition) is 0. The number of benzene rings is 2. The van der Waals surface area contributed by atoms with Crippen molar-refractivity contribution in [2.45, 2.75) is 48.3 Å². The van der Waals surface area contributed by atoms with Crippen LogP contribution < -0.4 is 0 Å². The van der Waals surface area contributed by atoms with Crippen LogP contribution in [-0.2, 0) is 25.6 Å². The fourth-order valence-corrected chi connectivity index (χ4v) is 5.25. The second-order valence-corrected chi connectivity index (χ2v) is 11.5. The van der Waals surface area contributed by atoms with Crippen molar-refractivity contribution in [2.75, 3.05) is 21.3 Å². The molecule has 40 heavy (non-hydrogen) atoms. The minimum Gasteiger partial charge on any atom is -0.377 e. The van der Waals surface area contributed by atoms with Crippen LogP contribution in [0.15, 0.2) is 48.5 Å². The molecule has 0 radical (unpaired) electrons. The van der Waals surface area contributed by atoms with Crippen molar-refractivity contribution in [2.24, 2.45) is 0 Å². The molecule has 2 aromatic carbocycles. The smallest absolute Gasteiger partial charge is 0.377 e. The molecule has 2 rings (SSSR count). The zero-order valence-electron chi connectivity index (χ0n) is 20.7. The maximum atomic E-state index is 14.4. The van der Waals surface area contributed by atoms with Crippen molar-refractivity contribution in [3.63, 3.8) is 0 Å². The highest BCUT2D eigenvalue weighted by atomic mass is 28.4. The van der Waals surface area contributed by atoms with Gasteiger partial charge in [0, 0.05) is 32.9 Å². The molecule has 2 aromatic rings. The lowest BCUT2D eigenvalue weighted by Crippen LogP contribution is -2.69. The lowest BCUT2D eigenvalue weighted by atomic mass is 9.90. The summed E-state index contributed by atoms with van der Waals surface area (Å²) in [6, 6.07) is 8.20. The van der Waals surface area contributed by atoms with Gasteiger partial charge in [0.25, 0.3) is 0 Å². The van der Waals surface area contributed by atoms with Crippen LogP contribution in [0, 0.1) is 0 Å². The van der Waals surface area contributed by atoms with Gasteiger partial charge in [0.05, 0.1) is 0 Å². The molecule has 0 spiro atoms. The van der Waals surface area contributed by atoms with Crippen LogP contribution in [0.3, 0.4) is 0 Å². The van der Waals surface area contributed by atoms with Crippen molar-refractivity contribution in [3.8, 4) is 11.1 Å². The van der Waals surface area contributed by atoms with Crippen molar-refractivity contribution in [3.05, 3.63) is 59.7 Å². The molecule has 226 valence electrons. The van der Waals surface area contributed by atoms with Gasteiger partial charge < -0.3 is 13.3 Å². The van der Waals surface area contributed by atoms with Crippen LogP contribution in [0.4, 0.5) is 57.1 Å². The number of aryl methyl sites for hydroxylation is 1. The van der Waals surface area contributed by atoms with Crippen molar-refractivity contribution < 1.29 is 70.4 Å². The summed E-state index contributed by atoms with van der Waals surface area (Å²) in [5, 5.41) is 0. The molecule has 0 aliphatic rings. The maximum absolute atomic E-state index is 14.4. The lowest BCUT2D eigenvalue weighted by molar-refractivity contribution is -0.441. The monoisotopic (exact) mass is 620 g/mol. The van der Waals surface area contributed by atoms with E-state index in [1.807, 2.05) is 0 Å². The first-order valence-electron chi connectivity index (χ1n) is 10.9. The first-order valence-corrected chi connectivity index (χ1v) is 12.8. The molecule has 0 saturated carbocycles. The minimum atomic E-state index is -7.94. The average Bonchev–Trinajstić information content (AvgIpc) is 2.89. The van der Waals surface area contributed by atoms with E-state index in [1.54, 1.807) is 12.1 Å². The molecule has 0 amide bonds. The fourth-order valence-electron chi connectivity index (χ4n) is 3.54. The SMILES string of the molecule is CO[Si](CCc1ccc(-c2ccc(C(F)(F)C(F)(F)C(F)(F)C(F)(F)C(F)(F)C(F)(F)F)cc2)cc1)(OC)OC. The minimum absolute atomic E-state index is 0.0597. The van der Waals surface area contributed by atoms with Crippen molar-refractivity contribution in [1.82, 2.24) is 0 Å². The molecule has 0 aromatic heterocycles. The average molecular weight is 620 g/mol. The standard InChI is InChI=1S/C23H21F13O3Si/c1-37-40(38-2,39-3)13-12-14-4-6-15(7-5-14)16-8-10-17(11-9-16)18(24,25)19(26,27)20(28,29)21(30,31)22(32,33)23(34,35)36/h4-11H,12-13H2,1-3H3. The van der Waals surface area contributed by atoms with Crippen molar-refractivity contribution >= 4 is 8.80 Å². The third-order valence-corrected chi connectivity index (χ3v) is 8.85. The van der Waals surface area contributed by atoms with Gasteiger partial charge in [-0.15, -0.1) is 0 Å². The second-order valence-electron chi connectivity index (χ2n) is 8.44. The van der Waals surface area contributed by atoms with Gasteiger partial charge in [-0.3, -0.25) is 0 Å². The largest absolute Gasteiger partial charge is 0.500 e. The third kappa shape index (κ3) is 5.56. The van der Waals surface area contributed by atoms with E-state index in [2.05, 4.69) is 0 Å². The fraction of sp³-hybridized carbons (Fsp3) is 0.478. The highest BCUT2D eigenvalue weighted by Gasteiger charge is 2.90. The summed E-state index contributed by atoms with van der Waals surface area (Å²) in [7, 11) is 1.34. The molecule has 0 fully saturated rings. The summed E-state index contributed by atoms with van der Waals surface area (Å²) in [5.41, 5.74) is -0.928. The highest BCUT2D eigenvalue weighted by Crippen LogP contribution is 2.62. The number of alkyl halides is 13. The van der Waals surface area contributed by atoms with E-state index >= 15 is 0 Å². The van der Waals surface area contributed by atoms with Gasteiger partial charge in [-0.1, -0.05) is 48.5 Å². The van der Waals surface area contributed by atoms with Crippen LogP contribution in [0.2, 0.25) is 6.04 Å². The van der Waals surface area contributed by atoms with E-state index in [4.69, 9.17) is 13.3 Å². The molecule has 0 N–H and O–H groups in total. The lowest BCUT2D eigenvalue weighted by Gasteiger charge is -2.39. The molecule has 0 atom stereocenters. The summed E-state index contributed by atoms with van der Waals surface area (Å²) in [4.78, 5) is 0. The molecular weight excluding hydrogens is 599 g/mol. The predicted octanol–water partition coefficient (Wildman–Crippen LogP) is 7.97. The Morgan fingerprint density at radius 1 is 0.525 bits per heavy atom. The van der Waals surface area contributed by atoms with Crippen LogP contribution >= 0.6 is 0 Å². The zero-order chi connectivity index (χ0) is 31.0. The van der Waals surface area contributed by atoms with Crippen molar-refractivity contribution in [1.29, 1.82) is 0 Å². The van der Waals surface area contributed by atoms with Gasteiger partial charge >= 0.3 is 44.6 Å². The Morgan fingerprint density at radius 3 is 1.27 bits per heavy atom. The number of hydrogen-bond acceptors (Lipinski definition) is 3. The Bertz CT molecular complexity index is 1120. The number of rotatable bonds is 12. The van der Waals surface area contributed by atoms with E-state index < -0.39 is 50.2 Å². The molecule has 3 nitrogen and oxygen atoms in total.